The first-order chi connectivity index (χ1) is 5.73. The Balaban J connectivity index is 1.85. The molecule has 0 amide bonds. The summed E-state index contributed by atoms with van der Waals surface area (Å²) in [7, 11) is 0. The lowest BCUT2D eigenvalue weighted by Gasteiger charge is -2.25. The predicted molar refractivity (Wildman–Crippen MR) is 47.8 cm³/mol. The summed E-state index contributed by atoms with van der Waals surface area (Å²) in [5.74, 6) is 0. The SMILES string of the molecule is NCC1CCCN1CC1(O)CC1. The minimum absolute atomic E-state index is 0.336. The van der Waals surface area contributed by atoms with Crippen molar-refractivity contribution in [1.82, 2.24) is 4.90 Å². The van der Waals surface area contributed by atoms with E-state index in [0.717, 1.165) is 32.5 Å². The average molecular weight is 170 g/mol. The van der Waals surface area contributed by atoms with E-state index in [-0.39, 0.29) is 5.60 Å². The Kier molecular flexibility index (Phi) is 2.10. The molecule has 3 heteroatoms. The third-order valence-electron chi connectivity index (χ3n) is 3.10. The summed E-state index contributed by atoms with van der Waals surface area (Å²) in [4.78, 5) is 2.35. The van der Waals surface area contributed by atoms with Gasteiger partial charge in [0.15, 0.2) is 0 Å². The number of hydrogen-bond acceptors (Lipinski definition) is 3. The summed E-state index contributed by atoms with van der Waals surface area (Å²) in [6.07, 6.45) is 4.44. The minimum Gasteiger partial charge on any atom is -0.389 e. The Morgan fingerprint density at radius 1 is 1.50 bits per heavy atom. The molecule has 1 unspecified atom stereocenters. The lowest BCUT2D eigenvalue weighted by Crippen LogP contribution is -2.40. The van der Waals surface area contributed by atoms with Crippen LogP contribution in [-0.4, -0.2) is 41.3 Å². The van der Waals surface area contributed by atoms with Gasteiger partial charge < -0.3 is 10.8 Å². The van der Waals surface area contributed by atoms with Gasteiger partial charge in [0.25, 0.3) is 0 Å². The van der Waals surface area contributed by atoms with Crippen molar-refractivity contribution in [3.8, 4) is 0 Å². The molecule has 1 saturated heterocycles. The van der Waals surface area contributed by atoms with Crippen LogP contribution in [0.4, 0.5) is 0 Å². The van der Waals surface area contributed by atoms with Gasteiger partial charge >= 0.3 is 0 Å². The highest BCUT2D eigenvalue weighted by molar-refractivity contribution is 4.98. The molecule has 3 nitrogen and oxygen atoms in total. The molecule has 0 aromatic heterocycles. The predicted octanol–water partition coefficient (Wildman–Crippen LogP) is -0.0656. The van der Waals surface area contributed by atoms with E-state index in [4.69, 9.17) is 5.73 Å². The summed E-state index contributed by atoms with van der Waals surface area (Å²) in [6.45, 7) is 2.73. The second-order valence-electron chi connectivity index (χ2n) is 4.23. The molecule has 1 aliphatic heterocycles. The van der Waals surface area contributed by atoms with Crippen LogP contribution in [0.2, 0.25) is 0 Å². The number of aliphatic hydroxyl groups is 1. The standard InChI is InChI=1S/C9H18N2O/c10-6-8-2-1-5-11(8)7-9(12)3-4-9/h8,12H,1-7,10H2. The van der Waals surface area contributed by atoms with Crippen LogP contribution in [0.3, 0.4) is 0 Å². The summed E-state index contributed by atoms with van der Waals surface area (Å²) in [5.41, 5.74) is 5.30. The molecule has 0 radical (unpaired) electrons. The zero-order valence-electron chi connectivity index (χ0n) is 7.50. The van der Waals surface area contributed by atoms with Crippen molar-refractivity contribution in [2.24, 2.45) is 5.73 Å². The number of nitrogens with two attached hydrogens (primary N) is 1. The second-order valence-corrected chi connectivity index (χ2v) is 4.23. The largest absolute Gasteiger partial charge is 0.389 e. The molecule has 12 heavy (non-hydrogen) atoms. The van der Waals surface area contributed by atoms with Crippen molar-refractivity contribution < 1.29 is 5.11 Å². The zero-order chi connectivity index (χ0) is 8.60. The minimum atomic E-state index is -0.336. The molecule has 1 atom stereocenters. The average Bonchev–Trinajstić information content (AvgIpc) is 2.64. The zero-order valence-corrected chi connectivity index (χ0v) is 7.50. The number of hydrogen-bond donors (Lipinski definition) is 2. The third kappa shape index (κ3) is 1.63. The second kappa shape index (κ2) is 2.98. The summed E-state index contributed by atoms with van der Waals surface area (Å²) < 4.78 is 0. The highest BCUT2D eigenvalue weighted by atomic mass is 16.3. The van der Waals surface area contributed by atoms with Gasteiger partial charge in [0, 0.05) is 19.1 Å². The Morgan fingerprint density at radius 2 is 2.25 bits per heavy atom. The van der Waals surface area contributed by atoms with E-state index in [2.05, 4.69) is 4.90 Å². The Labute approximate surface area is 73.5 Å². The van der Waals surface area contributed by atoms with Crippen molar-refractivity contribution in [1.29, 1.82) is 0 Å². The maximum absolute atomic E-state index is 9.72. The fourth-order valence-electron chi connectivity index (χ4n) is 2.05. The molecule has 1 saturated carbocycles. The van der Waals surface area contributed by atoms with Crippen LogP contribution in [0.25, 0.3) is 0 Å². The molecule has 2 fully saturated rings. The van der Waals surface area contributed by atoms with Crippen molar-refractivity contribution in [2.45, 2.75) is 37.3 Å². The number of nitrogens with zero attached hydrogens (tertiary/aromatic N) is 1. The van der Waals surface area contributed by atoms with Gasteiger partial charge in [0.05, 0.1) is 5.60 Å². The highest BCUT2D eigenvalue weighted by Gasteiger charge is 2.43. The first-order valence-corrected chi connectivity index (χ1v) is 4.90. The maximum Gasteiger partial charge on any atom is 0.0776 e. The van der Waals surface area contributed by atoms with Gasteiger partial charge in [-0.05, 0) is 32.2 Å². The van der Waals surface area contributed by atoms with Gasteiger partial charge in [-0.2, -0.15) is 0 Å². The molecule has 2 rings (SSSR count). The molecule has 0 aromatic carbocycles. The Bertz CT molecular complexity index is 168. The Hall–Kier alpha value is -0.120. The van der Waals surface area contributed by atoms with Gasteiger partial charge in [-0.3, -0.25) is 4.90 Å². The van der Waals surface area contributed by atoms with Crippen molar-refractivity contribution in [3.05, 3.63) is 0 Å². The highest BCUT2D eigenvalue weighted by Crippen LogP contribution is 2.37. The van der Waals surface area contributed by atoms with Crippen LogP contribution in [-0.2, 0) is 0 Å². The molecule has 0 bridgehead atoms. The van der Waals surface area contributed by atoms with Crippen LogP contribution < -0.4 is 5.73 Å². The number of β-amino-alcohol motifs (C(OH)–C–C–N with tert-alkyl or cyclic N) is 1. The van der Waals surface area contributed by atoms with Gasteiger partial charge in [0.2, 0.25) is 0 Å². The first kappa shape index (κ1) is 8.48. The van der Waals surface area contributed by atoms with E-state index in [1.807, 2.05) is 0 Å². The fraction of sp³-hybridized carbons (Fsp3) is 1.00. The van der Waals surface area contributed by atoms with Gasteiger partial charge in [0.1, 0.15) is 0 Å². The molecule has 70 valence electrons. The lowest BCUT2D eigenvalue weighted by molar-refractivity contribution is 0.0872. The molecular formula is C9H18N2O. The van der Waals surface area contributed by atoms with Gasteiger partial charge in [-0.1, -0.05) is 0 Å². The number of rotatable bonds is 3. The third-order valence-corrected chi connectivity index (χ3v) is 3.10. The molecule has 0 aromatic rings. The topological polar surface area (TPSA) is 49.5 Å². The molecule has 2 aliphatic rings. The fourth-order valence-corrected chi connectivity index (χ4v) is 2.05. The Morgan fingerprint density at radius 3 is 2.83 bits per heavy atom. The normalized spacial score (nSPS) is 34.0. The maximum atomic E-state index is 9.72. The summed E-state index contributed by atoms with van der Waals surface area (Å²) in [6, 6.07) is 0.537. The van der Waals surface area contributed by atoms with E-state index in [1.54, 1.807) is 0 Å². The lowest BCUT2D eigenvalue weighted by atomic mass is 10.2. The van der Waals surface area contributed by atoms with Crippen LogP contribution in [0.15, 0.2) is 0 Å². The van der Waals surface area contributed by atoms with E-state index in [0.29, 0.717) is 6.04 Å². The van der Waals surface area contributed by atoms with E-state index in [9.17, 15) is 5.11 Å². The summed E-state index contributed by atoms with van der Waals surface area (Å²) in [5, 5.41) is 9.72. The molecule has 0 spiro atoms. The van der Waals surface area contributed by atoms with Crippen LogP contribution in [0.1, 0.15) is 25.7 Å². The van der Waals surface area contributed by atoms with Crippen LogP contribution in [0, 0.1) is 0 Å². The van der Waals surface area contributed by atoms with Crippen LogP contribution >= 0.6 is 0 Å². The van der Waals surface area contributed by atoms with Crippen molar-refractivity contribution in [2.75, 3.05) is 19.6 Å². The van der Waals surface area contributed by atoms with Crippen molar-refractivity contribution >= 4 is 0 Å². The van der Waals surface area contributed by atoms with Gasteiger partial charge in [-0.25, -0.2) is 0 Å². The molecule has 1 aliphatic carbocycles. The quantitative estimate of drug-likeness (QED) is 0.623. The monoisotopic (exact) mass is 170 g/mol. The van der Waals surface area contributed by atoms with Gasteiger partial charge in [-0.15, -0.1) is 0 Å². The summed E-state index contributed by atoms with van der Waals surface area (Å²) >= 11 is 0. The van der Waals surface area contributed by atoms with E-state index >= 15 is 0 Å². The number of likely N-dealkylation sites (tertiary alicyclic amines) is 1. The molecule has 1 heterocycles. The smallest absolute Gasteiger partial charge is 0.0776 e. The molecular weight excluding hydrogens is 152 g/mol. The van der Waals surface area contributed by atoms with E-state index < -0.39 is 0 Å². The van der Waals surface area contributed by atoms with Crippen molar-refractivity contribution in [3.63, 3.8) is 0 Å². The van der Waals surface area contributed by atoms with Crippen LogP contribution in [0.5, 0.6) is 0 Å². The van der Waals surface area contributed by atoms with E-state index in [1.165, 1.54) is 12.8 Å². The first-order valence-electron chi connectivity index (χ1n) is 4.90. The molecule has 3 N–H and O–H groups in total.